The molecule has 2 aromatic carbocycles. The van der Waals surface area contributed by atoms with Gasteiger partial charge in [0, 0.05) is 18.2 Å². The lowest BCUT2D eigenvalue weighted by molar-refractivity contribution is -0.137. The van der Waals surface area contributed by atoms with Crippen molar-refractivity contribution in [2.75, 3.05) is 10.6 Å². The number of hydrogen-bond donors (Lipinski definition) is 2. The Labute approximate surface area is 134 Å². The summed E-state index contributed by atoms with van der Waals surface area (Å²) in [5.41, 5.74) is -1.79. The summed E-state index contributed by atoms with van der Waals surface area (Å²) in [6.07, 6.45) is -4.75. The maximum Gasteiger partial charge on any atom is 0.418 e. The minimum Gasteiger partial charge on any atom is -0.326 e. The first-order chi connectivity index (χ1) is 11.2. The number of anilines is 2. The highest BCUT2D eigenvalue weighted by molar-refractivity contribution is 6.05. The largest absolute Gasteiger partial charge is 0.418 e. The maximum absolute atomic E-state index is 13.2. The van der Waals surface area contributed by atoms with Crippen LogP contribution in [-0.4, -0.2) is 11.8 Å². The molecule has 0 aliphatic carbocycles. The summed E-state index contributed by atoms with van der Waals surface area (Å²) in [5.74, 6) is -2.09. The molecular formula is C16H12F4N2O2. The number of amides is 2. The number of halogens is 4. The number of carbonyl (C=O) groups is 2. The molecule has 0 fully saturated rings. The van der Waals surface area contributed by atoms with E-state index in [2.05, 4.69) is 10.6 Å². The summed E-state index contributed by atoms with van der Waals surface area (Å²) in [6.45, 7) is 1.16. The van der Waals surface area contributed by atoms with Crippen molar-refractivity contribution in [3.63, 3.8) is 0 Å². The number of carbonyl (C=O) groups excluding carboxylic acids is 2. The molecule has 0 bridgehead atoms. The summed E-state index contributed by atoms with van der Waals surface area (Å²) in [4.78, 5) is 22.9. The van der Waals surface area contributed by atoms with Crippen LogP contribution in [0, 0.1) is 5.82 Å². The molecule has 8 heteroatoms. The average molecular weight is 340 g/mol. The van der Waals surface area contributed by atoms with Crippen LogP contribution in [0.2, 0.25) is 0 Å². The van der Waals surface area contributed by atoms with Crippen LogP contribution in [0.5, 0.6) is 0 Å². The molecule has 0 saturated heterocycles. The molecule has 0 atom stereocenters. The van der Waals surface area contributed by atoms with E-state index >= 15 is 0 Å². The minimum atomic E-state index is -4.75. The van der Waals surface area contributed by atoms with Gasteiger partial charge in [-0.25, -0.2) is 4.39 Å². The fourth-order valence-corrected chi connectivity index (χ4v) is 1.99. The van der Waals surface area contributed by atoms with Crippen molar-refractivity contribution < 1.29 is 27.2 Å². The Morgan fingerprint density at radius 1 is 1.00 bits per heavy atom. The lowest BCUT2D eigenvalue weighted by Gasteiger charge is -2.15. The lowest BCUT2D eigenvalue weighted by Crippen LogP contribution is -2.17. The van der Waals surface area contributed by atoms with Gasteiger partial charge in [-0.05, 0) is 36.4 Å². The van der Waals surface area contributed by atoms with E-state index in [-0.39, 0.29) is 11.3 Å². The number of benzene rings is 2. The molecule has 0 aromatic heterocycles. The molecule has 0 saturated carbocycles. The monoisotopic (exact) mass is 340 g/mol. The zero-order chi connectivity index (χ0) is 17.9. The quantitative estimate of drug-likeness (QED) is 0.828. The third kappa shape index (κ3) is 4.31. The average Bonchev–Trinajstić information content (AvgIpc) is 2.47. The van der Waals surface area contributed by atoms with E-state index in [1.165, 1.54) is 18.2 Å². The molecule has 2 amide bonds. The first-order valence-corrected chi connectivity index (χ1v) is 6.72. The maximum atomic E-state index is 13.2. The summed E-state index contributed by atoms with van der Waals surface area (Å²) in [7, 11) is 0. The first kappa shape index (κ1) is 17.5. The van der Waals surface area contributed by atoms with Gasteiger partial charge in [-0.3, -0.25) is 9.59 Å². The van der Waals surface area contributed by atoms with E-state index in [0.717, 1.165) is 25.1 Å². The zero-order valence-corrected chi connectivity index (χ0v) is 12.4. The molecule has 0 radical (unpaired) electrons. The normalized spacial score (nSPS) is 11.0. The van der Waals surface area contributed by atoms with Crippen molar-refractivity contribution in [1.29, 1.82) is 0 Å². The second kappa shape index (κ2) is 6.69. The molecule has 2 aromatic rings. The lowest BCUT2D eigenvalue weighted by atomic mass is 10.1. The molecule has 24 heavy (non-hydrogen) atoms. The van der Waals surface area contributed by atoms with Crippen molar-refractivity contribution in [3.05, 3.63) is 59.4 Å². The van der Waals surface area contributed by atoms with E-state index in [0.29, 0.717) is 6.07 Å². The zero-order valence-electron chi connectivity index (χ0n) is 12.4. The van der Waals surface area contributed by atoms with Gasteiger partial charge in [0.2, 0.25) is 5.91 Å². The Morgan fingerprint density at radius 2 is 1.71 bits per heavy atom. The van der Waals surface area contributed by atoms with E-state index in [9.17, 15) is 27.2 Å². The Hall–Kier alpha value is -2.90. The van der Waals surface area contributed by atoms with Gasteiger partial charge >= 0.3 is 6.18 Å². The van der Waals surface area contributed by atoms with E-state index < -0.39 is 35.1 Å². The van der Waals surface area contributed by atoms with Crippen molar-refractivity contribution in [1.82, 2.24) is 0 Å². The third-order valence-corrected chi connectivity index (χ3v) is 2.98. The van der Waals surface area contributed by atoms with Crippen molar-refractivity contribution in [2.45, 2.75) is 13.1 Å². The van der Waals surface area contributed by atoms with E-state index in [4.69, 9.17) is 0 Å². The van der Waals surface area contributed by atoms with Crippen molar-refractivity contribution in [3.8, 4) is 0 Å². The fraction of sp³-hybridized carbons (Fsp3) is 0.125. The predicted octanol–water partition coefficient (Wildman–Crippen LogP) is 4.06. The SMILES string of the molecule is CC(=O)Nc1ccc(NC(=O)c2cccc(F)c2)c(C(F)(F)F)c1. The van der Waals surface area contributed by atoms with Crippen LogP contribution in [0.3, 0.4) is 0 Å². The second-order valence-electron chi connectivity index (χ2n) is 4.90. The highest BCUT2D eigenvalue weighted by Gasteiger charge is 2.34. The summed E-state index contributed by atoms with van der Waals surface area (Å²) in [6, 6.07) is 7.52. The van der Waals surface area contributed by atoms with Gasteiger partial charge in [0.1, 0.15) is 5.82 Å². The van der Waals surface area contributed by atoms with Gasteiger partial charge < -0.3 is 10.6 Å². The Morgan fingerprint density at radius 3 is 2.29 bits per heavy atom. The van der Waals surface area contributed by atoms with Crippen LogP contribution in [0.25, 0.3) is 0 Å². The topological polar surface area (TPSA) is 58.2 Å². The number of alkyl halides is 3. The van der Waals surface area contributed by atoms with Crippen LogP contribution in [-0.2, 0) is 11.0 Å². The van der Waals surface area contributed by atoms with Gasteiger partial charge in [0.05, 0.1) is 11.3 Å². The molecule has 0 spiro atoms. The van der Waals surface area contributed by atoms with Crippen LogP contribution in [0.1, 0.15) is 22.8 Å². The van der Waals surface area contributed by atoms with Gasteiger partial charge in [-0.2, -0.15) is 13.2 Å². The Kier molecular flexibility index (Phi) is 4.87. The van der Waals surface area contributed by atoms with Crippen LogP contribution < -0.4 is 10.6 Å². The van der Waals surface area contributed by atoms with Gasteiger partial charge in [0.15, 0.2) is 0 Å². The third-order valence-electron chi connectivity index (χ3n) is 2.98. The highest BCUT2D eigenvalue weighted by atomic mass is 19.4. The minimum absolute atomic E-state index is 0.0569. The Bertz CT molecular complexity index is 788. The van der Waals surface area contributed by atoms with Crippen molar-refractivity contribution >= 4 is 23.2 Å². The molecule has 0 heterocycles. The molecule has 0 aliphatic rings. The highest BCUT2D eigenvalue weighted by Crippen LogP contribution is 2.36. The predicted molar refractivity (Wildman–Crippen MR) is 80.1 cm³/mol. The van der Waals surface area contributed by atoms with Crippen LogP contribution in [0.15, 0.2) is 42.5 Å². The molecular weight excluding hydrogens is 328 g/mol. The van der Waals surface area contributed by atoms with E-state index in [1.807, 2.05) is 0 Å². The second-order valence-corrected chi connectivity index (χ2v) is 4.90. The number of nitrogens with one attached hydrogen (secondary N) is 2. The number of rotatable bonds is 3. The van der Waals surface area contributed by atoms with Crippen molar-refractivity contribution in [2.24, 2.45) is 0 Å². The van der Waals surface area contributed by atoms with Gasteiger partial charge in [0.25, 0.3) is 5.91 Å². The summed E-state index contributed by atoms with van der Waals surface area (Å²) in [5, 5.41) is 4.34. The van der Waals surface area contributed by atoms with Gasteiger partial charge in [-0.15, -0.1) is 0 Å². The molecule has 2 rings (SSSR count). The fourth-order valence-electron chi connectivity index (χ4n) is 1.99. The smallest absolute Gasteiger partial charge is 0.326 e. The van der Waals surface area contributed by atoms with Crippen LogP contribution in [0.4, 0.5) is 28.9 Å². The molecule has 4 nitrogen and oxygen atoms in total. The standard InChI is InChI=1S/C16H12F4N2O2/c1-9(23)21-12-5-6-14(13(8-12)16(18,19)20)22-15(24)10-3-2-4-11(17)7-10/h2-8H,1H3,(H,21,23)(H,22,24). The Balaban J connectivity index is 2.35. The van der Waals surface area contributed by atoms with Gasteiger partial charge in [-0.1, -0.05) is 6.07 Å². The van der Waals surface area contributed by atoms with Crippen LogP contribution >= 0.6 is 0 Å². The first-order valence-electron chi connectivity index (χ1n) is 6.72. The summed E-state index contributed by atoms with van der Waals surface area (Å²) >= 11 is 0. The van der Waals surface area contributed by atoms with E-state index in [1.54, 1.807) is 0 Å². The molecule has 126 valence electrons. The summed E-state index contributed by atoms with van der Waals surface area (Å²) < 4.78 is 52.6. The molecule has 2 N–H and O–H groups in total. The number of hydrogen-bond acceptors (Lipinski definition) is 2. The molecule has 0 aliphatic heterocycles. The molecule has 0 unspecified atom stereocenters.